The highest BCUT2D eigenvalue weighted by Gasteiger charge is 2.44. The smallest absolute Gasteiger partial charge is 0.114 e. The van der Waals surface area contributed by atoms with Crippen LogP contribution in [0, 0.1) is 16.7 Å². The minimum absolute atomic E-state index is 0.485. The fraction of sp³-hybridized carbons (Fsp3) is 0.500. The molecule has 1 spiro atoms. The normalized spacial score (nSPS) is 20.7. The van der Waals surface area contributed by atoms with E-state index < -0.39 is 0 Å². The number of nitrogen functional groups attached to an aromatic ring is 1. The van der Waals surface area contributed by atoms with Gasteiger partial charge in [0.25, 0.3) is 0 Å². The fourth-order valence-electron chi connectivity index (χ4n) is 2.94. The van der Waals surface area contributed by atoms with Gasteiger partial charge in [-0.1, -0.05) is 5.46 Å². The van der Waals surface area contributed by atoms with Crippen molar-refractivity contribution in [2.45, 2.75) is 25.7 Å². The first-order chi connectivity index (χ1) is 8.63. The highest BCUT2D eigenvalue weighted by Crippen LogP contribution is 2.54. The van der Waals surface area contributed by atoms with Gasteiger partial charge in [-0.25, -0.2) is 0 Å². The molecule has 2 fully saturated rings. The van der Waals surface area contributed by atoms with E-state index in [1.165, 1.54) is 25.7 Å². The predicted molar refractivity (Wildman–Crippen MR) is 74.1 cm³/mol. The van der Waals surface area contributed by atoms with E-state index in [2.05, 4.69) is 11.0 Å². The number of rotatable bonds is 1. The summed E-state index contributed by atoms with van der Waals surface area (Å²) in [5, 5.41) is 9.24. The van der Waals surface area contributed by atoms with Crippen molar-refractivity contribution in [1.29, 1.82) is 5.26 Å². The Morgan fingerprint density at radius 3 is 2.44 bits per heavy atom. The molecular weight excluding hydrogens is 221 g/mol. The molecule has 1 aromatic carbocycles. The molecule has 90 valence electrons. The quantitative estimate of drug-likeness (QED) is 0.591. The second-order valence-corrected chi connectivity index (χ2v) is 5.60. The van der Waals surface area contributed by atoms with Gasteiger partial charge in [0.1, 0.15) is 13.9 Å². The molecule has 1 saturated heterocycles. The molecular formula is C14H16BN3. The minimum atomic E-state index is 0.485. The number of nitrogens with zero attached hydrogens (tertiary/aromatic N) is 2. The Bertz CT molecular complexity index is 519. The third kappa shape index (κ3) is 1.84. The summed E-state index contributed by atoms with van der Waals surface area (Å²) < 4.78 is 0. The van der Waals surface area contributed by atoms with E-state index in [1.54, 1.807) is 6.07 Å². The molecule has 3 nitrogen and oxygen atoms in total. The lowest BCUT2D eigenvalue weighted by atomic mass is 9.90. The topological polar surface area (TPSA) is 53.1 Å². The first kappa shape index (κ1) is 11.5. The number of nitriles is 1. The molecule has 1 heterocycles. The van der Waals surface area contributed by atoms with E-state index in [4.69, 9.17) is 13.6 Å². The average Bonchev–Trinajstić information content (AvgIpc) is 3.09. The lowest BCUT2D eigenvalue weighted by Crippen LogP contribution is -2.35. The predicted octanol–water partition coefficient (Wildman–Crippen LogP) is 1.31. The summed E-state index contributed by atoms with van der Waals surface area (Å²) in [5.41, 5.74) is 9.10. The fourth-order valence-corrected chi connectivity index (χ4v) is 2.94. The molecule has 1 aliphatic carbocycles. The van der Waals surface area contributed by atoms with Crippen LogP contribution in [0.2, 0.25) is 0 Å². The highest BCUT2D eigenvalue weighted by atomic mass is 15.1. The Labute approximate surface area is 109 Å². The second kappa shape index (κ2) is 3.95. The van der Waals surface area contributed by atoms with Crippen molar-refractivity contribution in [2.24, 2.45) is 5.41 Å². The van der Waals surface area contributed by atoms with Crippen molar-refractivity contribution >= 4 is 24.7 Å². The second-order valence-electron chi connectivity index (χ2n) is 5.60. The first-order valence-corrected chi connectivity index (χ1v) is 6.48. The van der Waals surface area contributed by atoms with Gasteiger partial charge in [0.05, 0.1) is 16.9 Å². The molecule has 1 saturated carbocycles. The Morgan fingerprint density at radius 1 is 1.22 bits per heavy atom. The van der Waals surface area contributed by atoms with E-state index >= 15 is 0 Å². The summed E-state index contributed by atoms with van der Waals surface area (Å²) in [5.74, 6) is 0. The van der Waals surface area contributed by atoms with Gasteiger partial charge in [-0.2, -0.15) is 5.26 Å². The number of hydrogen-bond donors (Lipinski definition) is 1. The lowest BCUT2D eigenvalue weighted by Gasteiger charge is -2.34. The largest absolute Gasteiger partial charge is 0.398 e. The number of anilines is 2. The van der Waals surface area contributed by atoms with Crippen LogP contribution in [0.1, 0.15) is 31.2 Å². The highest BCUT2D eigenvalue weighted by molar-refractivity contribution is 6.33. The van der Waals surface area contributed by atoms with Crippen LogP contribution in [0.3, 0.4) is 0 Å². The van der Waals surface area contributed by atoms with Crippen molar-refractivity contribution in [3.8, 4) is 6.07 Å². The zero-order valence-electron chi connectivity index (χ0n) is 10.4. The van der Waals surface area contributed by atoms with Crippen LogP contribution in [0.5, 0.6) is 0 Å². The molecule has 3 rings (SSSR count). The van der Waals surface area contributed by atoms with Gasteiger partial charge < -0.3 is 10.6 Å². The Kier molecular flexibility index (Phi) is 2.51. The van der Waals surface area contributed by atoms with Gasteiger partial charge in [0.15, 0.2) is 0 Å². The zero-order valence-corrected chi connectivity index (χ0v) is 10.4. The molecule has 2 N–H and O–H groups in total. The molecule has 18 heavy (non-hydrogen) atoms. The van der Waals surface area contributed by atoms with Crippen molar-refractivity contribution in [1.82, 2.24) is 0 Å². The van der Waals surface area contributed by atoms with Gasteiger partial charge in [0, 0.05) is 13.1 Å². The van der Waals surface area contributed by atoms with E-state index in [-0.39, 0.29) is 0 Å². The van der Waals surface area contributed by atoms with Gasteiger partial charge >= 0.3 is 0 Å². The molecule has 1 aromatic rings. The maximum absolute atomic E-state index is 9.24. The lowest BCUT2D eigenvalue weighted by molar-refractivity contribution is 0.384. The molecule has 0 bridgehead atoms. The summed E-state index contributed by atoms with van der Waals surface area (Å²) in [4.78, 5) is 2.26. The van der Waals surface area contributed by atoms with Crippen LogP contribution in [-0.4, -0.2) is 20.9 Å². The maximum atomic E-state index is 9.24. The summed E-state index contributed by atoms with van der Waals surface area (Å²) in [7, 11) is 5.84. The van der Waals surface area contributed by atoms with Crippen LogP contribution in [-0.2, 0) is 0 Å². The van der Waals surface area contributed by atoms with Gasteiger partial charge in [-0.05, 0) is 43.2 Å². The number of nitrogens with two attached hydrogens (primary N) is 1. The van der Waals surface area contributed by atoms with E-state index in [0.717, 1.165) is 18.8 Å². The molecule has 0 amide bonds. The SMILES string of the molecule is [B]c1cc(N)c(C#N)c(N2CCC3(CC2)CC3)c1. The van der Waals surface area contributed by atoms with E-state index in [1.807, 2.05) is 6.07 Å². The van der Waals surface area contributed by atoms with Crippen LogP contribution >= 0.6 is 0 Å². The Hall–Kier alpha value is -1.63. The van der Waals surface area contributed by atoms with Gasteiger partial charge in [0.2, 0.25) is 0 Å². The minimum Gasteiger partial charge on any atom is -0.398 e. The van der Waals surface area contributed by atoms with Gasteiger partial charge in [-0.15, -0.1) is 0 Å². The molecule has 0 aromatic heterocycles. The molecule has 0 unspecified atom stereocenters. The summed E-state index contributed by atoms with van der Waals surface area (Å²) in [6.07, 6.45) is 5.22. The number of hydrogen-bond acceptors (Lipinski definition) is 3. The summed E-state index contributed by atoms with van der Waals surface area (Å²) in [6, 6.07) is 5.74. The molecule has 2 radical (unpaired) electrons. The Morgan fingerprint density at radius 2 is 1.89 bits per heavy atom. The van der Waals surface area contributed by atoms with E-state index in [0.29, 0.717) is 22.1 Å². The Balaban J connectivity index is 1.90. The van der Waals surface area contributed by atoms with Crippen LogP contribution in [0.4, 0.5) is 11.4 Å². The average molecular weight is 237 g/mol. The summed E-state index contributed by atoms with van der Waals surface area (Å²) in [6.45, 7) is 2.02. The van der Waals surface area contributed by atoms with Crippen LogP contribution < -0.4 is 16.1 Å². The third-order valence-electron chi connectivity index (χ3n) is 4.40. The van der Waals surface area contributed by atoms with Gasteiger partial charge in [-0.3, -0.25) is 0 Å². The number of piperidine rings is 1. The molecule has 4 heteroatoms. The van der Waals surface area contributed by atoms with Crippen LogP contribution in [0.15, 0.2) is 12.1 Å². The van der Waals surface area contributed by atoms with Crippen molar-refractivity contribution in [3.05, 3.63) is 17.7 Å². The van der Waals surface area contributed by atoms with Crippen LogP contribution in [0.25, 0.3) is 0 Å². The first-order valence-electron chi connectivity index (χ1n) is 6.48. The molecule has 2 aliphatic rings. The molecule has 0 atom stereocenters. The summed E-state index contributed by atoms with van der Waals surface area (Å²) >= 11 is 0. The monoisotopic (exact) mass is 237 g/mol. The van der Waals surface area contributed by atoms with Crippen molar-refractivity contribution in [3.63, 3.8) is 0 Å². The van der Waals surface area contributed by atoms with Crippen molar-refractivity contribution in [2.75, 3.05) is 23.7 Å². The van der Waals surface area contributed by atoms with E-state index in [9.17, 15) is 5.26 Å². The zero-order chi connectivity index (χ0) is 12.8. The number of benzene rings is 1. The third-order valence-corrected chi connectivity index (χ3v) is 4.40. The van der Waals surface area contributed by atoms with Crippen molar-refractivity contribution < 1.29 is 0 Å². The maximum Gasteiger partial charge on any atom is 0.114 e. The standard InChI is InChI=1S/C14H16BN3/c15-10-7-12(17)11(9-16)13(8-10)18-5-3-14(1-2-14)4-6-18/h7-8H,1-6,17H2. The molecule has 1 aliphatic heterocycles.